The predicted molar refractivity (Wildman–Crippen MR) is 71.2 cm³/mol. The van der Waals surface area contributed by atoms with Crippen LogP contribution in [0, 0.1) is 0 Å². The summed E-state index contributed by atoms with van der Waals surface area (Å²) in [5, 5.41) is 8.79. The van der Waals surface area contributed by atoms with Crippen LogP contribution in [0.25, 0.3) is 0 Å². The number of rotatable bonds is 6. The SMILES string of the molecule is COCC(C)N(C)C(=O)Cc1ccc(C(=O)O)cc1. The number of hydrogen-bond donors (Lipinski definition) is 1. The molecule has 1 unspecified atom stereocenters. The number of amides is 1. The molecule has 0 saturated carbocycles. The second-order valence-electron chi connectivity index (χ2n) is 4.49. The molecular formula is C14H19NO4. The molecule has 1 N–H and O–H groups in total. The van der Waals surface area contributed by atoms with E-state index in [-0.39, 0.29) is 23.9 Å². The van der Waals surface area contributed by atoms with Crippen LogP contribution in [0.5, 0.6) is 0 Å². The molecule has 1 aromatic carbocycles. The van der Waals surface area contributed by atoms with Gasteiger partial charge in [0.05, 0.1) is 24.6 Å². The molecule has 0 saturated heterocycles. The van der Waals surface area contributed by atoms with E-state index in [0.717, 1.165) is 5.56 Å². The number of carboxylic acids is 1. The van der Waals surface area contributed by atoms with Gasteiger partial charge in [-0.25, -0.2) is 4.79 Å². The van der Waals surface area contributed by atoms with Crippen molar-refractivity contribution in [2.75, 3.05) is 20.8 Å². The lowest BCUT2D eigenvalue weighted by molar-refractivity contribution is -0.131. The normalized spacial score (nSPS) is 11.9. The monoisotopic (exact) mass is 265 g/mol. The molecule has 5 nitrogen and oxygen atoms in total. The maximum atomic E-state index is 12.0. The molecule has 19 heavy (non-hydrogen) atoms. The molecule has 5 heteroatoms. The van der Waals surface area contributed by atoms with Crippen LogP contribution in [0.1, 0.15) is 22.8 Å². The largest absolute Gasteiger partial charge is 0.478 e. The highest BCUT2D eigenvalue weighted by atomic mass is 16.5. The number of aromatic carboxylic acids is 1. The molecule has 1 atom stereocenters. The molecule has 0 aliphatic carbocycles. The van der Waals surface area contributed by atoms with Crippen molar-refractivity contribution in [3.05, 3.63) is 35.4 Å². The molecule has 0 aliphatic heterocycles. The Labute approximate surface area is 112 Å². The quantitative estimate of drug-likeness (QED) is 0.844. The number of methoxy groups -OCH3 is 1. The van der Waals surface area contributed by atoms with Gasteiger partial charge in [0.2, 0.25) is 5.91 Å². The van der Waals surface area contributed by atoms with E-state index in [4.69, 9.17) is 9.84 Å². The smallest absolute Gasteiger partial charge is 0.335 e. The van der Waals surface area contributed by atoms with E-state index in [1.807, 2.05) is 6.92 Å². The number of nitrogens with zero attached hydrogens (tertiary/aromatic N) is 1. The minimum atomic E-state index is -0.969. The van der Waals surface area contributed by atoms with Crippen LogP contribution in [-0.4, -0.2) is 48.7 Å². The van der Waals surface area contributed by atoms with Gasteiger partial charge in [0.1, 0.15) is 0 Å². The Balaban J connectivity index is 2.63. The predicted octanol–water partition coefficient (Wildman–Crippen LogP) is 1.42. The van der Waals surface area contributed by atoms with Crippen molar-refractivity contribution < 1.29 is 19.4 Å². The molecule has 0 radical (unpaired) electrons. The Bertz CT molecular complexity index is 441. The van der Waals surface area contributed by atoms with Crippen molar-refractivity contribution in [2.24, 2.45) is 0 Å². The van der Waals surface area contributed by atoms with E-state index >= 15 is 0 Å². The van der Waals surface area contributed by atoms with E-state index in [1.54, 1.807) is 31.2 Å². The third-order valence-corrected chi connectivity index (χ3v) is 3.02. The number of carboxylic acid groups (broad SMARTS) is 1. The lowest BCUT2D eigenvalue weighted by Crippen LogP contribution is -2.38. The first kappa shape index (κ1) is 15.2. The molecule has 1 rings (SSSR count). The van der Waals surface area contributed by atoms with Crippen molar-refractivity contribution in [1.29, 1.82) is 0 Å². The van der Waals surface area contributed by atoms with Crippen LogP contribution in [0.4, 0.5) is 0 Å². The van der Waals surface area contributed by atoms with Crippen molar-refractivity contribution in [1.82, 2.24) is 4.90 Å². The Hall–Kier alpha value is -1.88. The summed E-state index contributed by atoms with van der Waals surface area (Å²) in [6.07, 6.45) is 0.254. The average Bonchev–Trinajstić information content (AvgIpc) is 2.38. The molecule has 0 spiro atoms. The Kier molecular flexibility index (Phi) is 5.51. The Morgan fingerprint density at radius 2 is 1.89 bits per heavy atom. The number of carbonyl (C=O) groups excluding carboxylic acids is 1. The van der Waals surface area contributed by atoms with Crippen LogP contribution in [0.2, 0.25) is 0 Å². The molecule has 1 amide bonds. The van der Waals surface area contributed by atoms with Crippen LogP contribution in [0.15, 0.2) is 24.3 Å². The summed E-state index contributed by atoms with van der Waals surface area (Å²) in [5.41, 5.74) is 1.02. The van der Waals surface area contributed by atoms with Crippen molar-refractivity contribution >= 4 is 11.9 Å². The second-order valence-corrected chi connectivity index (χ2v) is 4.49. The van der Waals surface area contributed by atoms with Gasteiger partial charge in [-0.2, -0.15) is 0 Å². The zero-order valence-corrected chi connectivity index (χ0v) is 11.4. The fourth-order valence-corrected chi connectivity index (χ4v) is 1.66. The topological polar surface area (TPSA) is 66.8 Å². The molecule has 0 aromatic heterocycles. The number of likely N-dealkylation sites (N-methyl/N-ethyl adjacent to an activating group) is 1. The number of benzene rings is 1. The third-order valence-electron chi connectivity index (χ3n) is 3.02. The summed E-state index contributed by atoms with van der Waals surface area (Å²) in [5.74, 6) is -0.990. The van der Waals surface area contributed by atoms with Crippen molar-refractivity contribution in [3.63, 3.8) is 0 Å². The molecule has 0 fully saturated rings. The maximum absolute atomic E-state index is 12.0. The second kappa shape index (κ2) is 6.89. The first-order valence-corrected chi connectivity index (χ1v) is 6.02. The molecular weight excluding hydrogens is 246 g/mol. The molecule has 0 aliphatic rings. The van der Waals surface area contributed by atoms with Crippen molar-refractivity contribution in [2.45, 2.75) is 19.4 Å². The highest BCUT2D eigenvalue weighted by Gasteiger charge is 2.15. The average molecular weight is 265 g/mol. The molecule has 0 bridgehead atoms. The van der Waals surface area contributed by atoms with Gasteiger partial charge in [-0.05, 0) is 24.6 Å². The van der Waals surface area contributed by atoms with Gasteiger partial charge in [-0.1, -0.05) is 12.1 Å². The zero-order valence-electron chi connectivity index (χ0n) is 11.4. The minimum absolute atomic E-state index is 0.00999. The summed E-state index contributed by atoms with van der Waals surface area (Å²) in [4.78, 5) is 24.3. The van der Waals surface area contributed by atoms with Gasteiger partial charge >= 0.3 is 5.97 Å². The first-order chi connectivity index (χ1) is 8.95. The summed E-state index contributed by atoms with van der Waals surface area (Å²) in [7, 11) is 3.33. The van der Waals surface area contributed by atoms with Crippen LogP contribution < -0.4 is 0 Å². The number of hydrogen-bond acceptors (Lipinski definition) is 3. The Morgan fingerprint density at radius 1 is 1.32 bits per heavy atom. The van der Waals surface area contributed by atoms with Gasteiger partial charge in [0, 0.05) is 14.2 Å². The van der Waals surface area contributed by atoms with E-state index in [1.165, 1.54) is 12.1 Å². The lowest BCUT2D eigenvalue weighted by Gasteiger charge is -2.24. The van der Waals surface area contributed by atoms with Gasteiger partial charge in [0.25, 0.3) is 0 Å². The van der Waals surface area contributed by atoms with Crippen LogP contribution >= 0.6 is 0 Å². The van der Waals surface area contributed by atoms with Gasteiger partial charge in [-0.3, -0.25) is 4.79 Å². The fraction of sp³-hybridized carbons (Fsp3) is 0.429. The van der Waals surface area contributed by atoms with Gasteiger partial charge in [0.15, 0.2) is 0 Å². The third kappa shape index (κ3) is 4.37. The lowest BCUT2D eigenvalue weighted by atomic mass is 10.1. The summed E-state index contributed by atoms with van der Waals surface area (Å²) >= 11 is 0. The molecule has 1 aromatic rings. The van der Waals surface area contributed by atoms with Gasteiger partial charge < -0.3 is 14.7 Å². The van der Waals surface area contributed by atoms with E-state index in [9.17, 15) is 9.59 Å². The van der Waals surface area contributed by atoms with Crippen LogP contribution in [-0.2, 0) is 16.0 Å². The van der Waals surface area contributed by atoms with Crippen LogP contribution in [0.3, 0.4) is 0 Å². The van der Waals surface area contributed by atoms with E-state index in [2.05, 4.69) is 0 Å². The number of ether oxygens (including phenoxy) is 1. The summed E-state index contributed by atoms with van der Waals surface area (Å²) < 4.78 is 5.01. The molecule has 0 heterocycles. The summed E-state index contributed by atoms with van der Waals surface area (Å²) in [6, 6.07) is 6.34. The van der Waals surface area contributed by atoms with E-state index < -0.39 is 5.97 Å². The summed E-state index contributed by atoms with van der Waals surface area (Å²) in [6.45, 7) is 2.40. The van der Waals surface area contributed by atoms with Gasteiger partial charge in [-0.15, -0.1) is 0 Å². The molecule has 104 valence electrons. The Morgan fingerprint density at radius 3 is 2.37 bits per heavy atom. The van der Waals surface area contributed by atoms with Crippen molar-refractivity contribution in [3.8, 4) is 0 Å². The highest BCUT2D eigenvalue weighted by Crippen LogP contribution is 2.08. The first-order valence-electron chi connectivity index (χ1n) is 6.02. The maximum Gasteiger partial charge on any atom is 0.335 e. The van der Waals surface area contributed by atoms with E-state index in [0.29, 0.717) is 6.61 Å². The standard InChI is InChI=1S/C14H19NO4/c1-10(9-19-3)15(2)13(16)8-11-4-6-12(7-5-11)14(17)18/h4-7,10H,8-9H2,1-3H3,(H,17,18). The fourth-order valence-electron chi connectivity index (χ4n) is 1.66. The highest BCUT2D eigenvalue weighted by molar-refractivity contribution is 5.87. The number of carbonyl (C=O) groups is 2. The zero-order chi connectivity index (χ0) is 14.4. The minimum Gasteiger partial charge on any atom is -0.478 e.